The van der Waals surface area contributed by atoms with E-state index in [1.807, 2.05) is 0 Å². The van der Waals surface area contributed by atoms with Gasteiger partial charge in [0.2, 0.25) is 0 Å². The maximum Gasteiger partial charge on any atom is 0.256 e. The van der Waals surface area contributed by atoms with E-state index in [-0.39, 0.29) is 17.0 Å². The molecule has 0 spiro atoms. The van der Waals surface area contributed by atoms with Crippen LogP contribution in [0, 0.1) is 5.82 Å². The molecule has 9 heteroatoms. The predicted molar refractivity (Wildman–Crippen MR) is 98.2 cm³/mol. The highest BCUT2D eigenvalue weighted by Gasteiger charge is 2.21. The van der Waals surface area contributed by atoms with Crippen molar-refractivity contribution >= 4 is 23.5 Å². The van der Waals surface area contributed by atoms with Crippen LogP contribution in [-0.4, -0.2) is 31.6 Å². The second-order valence-corrected chi connectivity index (χ2v) is 6.49. The SMILES string of the molecule is O=Cc1cnc2ccc(-c3c(-c4cc(Cl)ccc4F)ncn3CC(F)F)cn12. The largest absolute Gasteiger partial charge is 0.324 e. The van der Waals surface area contributed by atoms with E-state index in [1.54, 1.807) is 18.3 Å². The summed E-state index contributed by atoms with van der Waals surface area (Å²) in [7, 11) is 0. The number of alkyl halides is 2. The number of aromatic nitrogens is 4. The van der Waals surface area contributed by atoms with Crippen LogP contribution in [0.4, 0.5) is 13.2 Å². The monoisotopic (exact) mass is 404 g/mol. The van der Waals surface area contributed by atoms with Crippen molar-refractivity contribution in [1.29, 1.82) is 0 Å². The zero-order valence-corrected chi connectivity index (χ0v) is 14.9. The Hall–Kier alpha value is -3.13. The summed E-state index contributed by atoms with van der Waals surface area (Å²) in [4.78, 5) is 19.5. The third-order valence-corrected chi connectivity index (χ3v) is 4.52. The highest BCUT2D eigenvalue weighted by molar-refractivity contribution is 6.30. The second kappa shape index (κ2) is 7.12. The average molecular weight is 405 g/mol. The topological polar surface area (TPSA) is 52.2 Å². The van der Waals surface area contributed by atoms with Gasteiger partial charge in [-0.05, 0) is 30.3 Å². The molecule has 0 fully saturated rings. The van der Waals surface area contributed by atoms with Gasteiger partial charge in [-0.25, -0.2) is 23.1 Å². The van der Waals surface area contributed by atoms with Crippen molar-refractivity contribution in [2.45, 2.75) is 13.0 Å². The van der Waals surface area contributed by atoms with Crippen LogP contribution in [0.1, 0.15) is 10.5 Å². The Balaban J connectivity index is 1.97. The van der Waals surface area contributed by atoms with Gasteiger partial charge in [-0.2, -0.15) is 0 Å². The minimum atomic E-state index is -2.63. The van der Waals surface area contributed by atoms with E-state index in [9.17, 15) is 18.0 Å². The fourth-order valence-electron chi connectivity index (χ4n) is 3.07. The molecule has 0 atom stereocenters. The van der Waals surface area contributed by atoms with Crippen molar-refractivity contribution in [1.82, 2.24) is 18.9 Å². The molecule has 142 valence electrons. The Morgan fingerprint density at radius 1 is 1.18 bits per heavy atom. The third kappa shape index (κ3) is 3.16. The molecule has 0 unspecified atom stereocenters. The quantitative estimate of drug-likeness (QED) is 0.452. The highest BCUT2D eigenvalue weighted by Crippen LogP contribution is 2.34. The first-order chi connectivity index (χ1) is 13.5. The molecule has 5 nitrogen and oxygen atoms in total. The maximum absolute atomic E-state index is 14.4. The lowest BCUT2D eigenvalue weighted by Crippen LogP contribution is -2.07. The molecule has 0 saturated heterocycles. The number of halogens is 4. The molecular weight excluding hydrogens is 393 g/mol. The summed E-state index contributed by atoms with van der Waals surface area (Å²) in [5.41, 5.74) is 1.84. The van der Waals surface area contributed by atoms with Crippen molar-refractivity contribution in [3.8, 4) is 22.5 Å². The zero-order chi connectivity index (χ0) is 19.8. The van der Waals surface area contributed by atoms with Crippen molar-refractivity contribution < 1.29 is 18.0 Å². The van der Waals surface area contributed by atoms with E-state index in [4.69, 9.17) is 11.6 Å². The summed E-state index contributed by atoms with van der Waals surface area (Å²) in [6, 6.07) is 7.27. The first kappa shape index (κ1) is 18.2. The number of carbonyl (C=O) groups is 1. The van der Waals surface area contributed by atoms with Crippen molar-refractivity contribution in [3.05, 3.63) is 65.6 Å². The molecule has 3 aromatic heterocycles. The van der Waals surface area contributed by atoms with Gasteiger partial charge in [0.1, 0.15) is 17.2 Å². The second-order valence-electron chi connectivity index (χ2n) is 6.06. The number of benzene rings is 1. The standard InChI is InChI=1S/C19H12ClF3N4O/c20-12-2-3-15(21)14(5-12)18-19(26(10-25-18)8-16(22)23)11-1-4-17-24-6-13(9-28)27(17)7-11/h1-7,9-10,16H,8H2. The molecule has 0 aliphatic heterocycles. The van der Waals surface area contributed by atoms with Crippen LogP contribution < -0.4 is 0 Å². The van der Waals surface area contributed by atoms with E-state index in [1.165, 1.54) is 39.7 Å². The fraction of sp³-hybridized carbons (Fsp3) is 0.105. The molecule has 4 aromatic rings. The number of imidazole rings is 2. The Morgan fingerprint density at radius 3 is 2.75 bits per heavy atom. The van der Waals surface area contributed by atoms with Crippen LogP contribution in [-0.2, 0) is 6.54 Å². The number of hydrogen-bond acceptors (Lipinski definition) is 3. The smallest absolute Gasteiger partial charge is 0.256 e. The minimum Gasteiger partial charge on any atom is -0.324 e. The van der Waals surface area contributed by atoms with Gasteiger partial charge in [-0.3, -0.25) is 9.20 Å². The molecule has 0 aliphatic rings. The lowest BCUT2D eigenvalue weighted by atomic mass is 10.1. The van der Waals surface area contributed by atoms with Crippen LogP contribution in [0.3, 0.4) is 0 Å². The molecule has 0 radical (unpaired) electrons. The first-order valence-corrected chi connectivity index (χ1v) is 8.57. The summed E-state index contributed by atoms with van der Waals surface area (Å²) >= 11 is 5.99. The van der Waals surface area contributed by atoms with E-state index in [0.717, 1.165) is 0 Å². The van der Waals surface area contributed by atoms with Crippen LogP contribution in [0.2, 0.25) is 5.02 Å². The van der Waals surface area contributed by atoms with Gasteiger partial charge >= 0.3 is 0 Å². The molecule has 0 saturated carbocycles. The van der Waals surface area contributed by atoms with Crippen molar-refractivity contribution in [2.24, 2.45) is 0 Å². The van der Waals surface area contributed by atoms with Gasteiger partial charge < -0.3 is 4.57 Å². The average Bonchev–Trinajstić information content (AvgIpc) is 3.26. The Morgan fingerprint density at radius 2 is 2.00 bits per heavy atom. The molecule has 3 heterocycles. The molecule has 1 aromatic carbocycles. The Bertz CT molecular complexity index is 1190. The number of pyridine rings is 1. The van der Waals surface area contributed by atoms with Crippen LogP contribution in [0.5, 0.6) is 0 Å². The number of aldehydes is 1. The lowest BCUT2D eigenvalue weighted by molar-refractivity contribution is 0.111. The summed E-state index contributed by atoms with van der Waals surface area (Å²) in [5.74, 6) is -0.578. The summed E-state index contributed by atoms with van der Waals surface area (Å²) < 4.78 is 43.4. The molecule has 0 N–H and O–H groups in total. The van der Waals surface area contributed by atoms with Gasteiger partial charge in [0.25, 0.3) is 6.43 Å². The molecule has 0 amide bonds. The Kier molecular flexibility index (Phi) is 4.64. The van der Waals surface area contributed by atoms with E-state index < -0.39 is 18.8 Å². The minimum absolute atomic E-state index is 0.0943. The van der Waals surface area contributed by atoms with E-state index >= 15 is 0 Å². The van der Waals surface area contributed by atoms with Crippen molar-refractivity contribution in [3.63, 3.8) is 0 Å². The van der Waals surface area contributed by atoms with Crippen LogP contribution >= 0.6 is 11.6 Å². The summed E-state index contributed by atoms with van der Waals surface area (Å²) in [6.45, 7) is -0.618. The van der Waals surface area contributed by atoms with E-state index in [2.05, 4.69) is 9.97 Å². The van der Waals surface area contributed by atoms with Gasteiger partial charge in [0.15, 0.2) is 6.29 Å². The third-order valence-electron chi connectivity index (χ3n) is 4.28. The molecule has 0 aliphatic carbocycles. The molecule has 4 rings (SSSR count). The van der Waals surface area contributed by atoms with Gasteiger partial charge in [-0.15, -0.1) is 0 Å². The molecular formula is C19H12ClF3N4O. The number of hydrogen-bond donors (Lipinski definition) is 0. The maximum atomic E-state index is 14.4. The summed E-state index contributed by atoms with van der Waals surface area (Å²) in [5, 5.41) is 0.291. The lowest BCUT2D eigenvalue weighted by Gasteiger charge is -2.12. The van der Waals surface area contributed by atoms with Gasteiger partial charge in [0, 0.05) is 22.3 Å². The first-order valence-electron chi connectivity index (χ1n) is 8.19. The summed E-state index contributed by atoms with van der Waals surface area (Å²) in [6.07, 6.45) is 2.22. The number of rotatable bonds is 5. The predicted octanol–water partition coefficient (Wildman–Crippen LogP) is 4.73. The number of fused-ring (bicyclic) bond motifs is 1. The highest BCUT2D eigenvalue weighted by atomic mass is 35.5. The number of nitrogens with zero attached hydrogens (tertiary/aromatic N) is 4. The molecule has 0 bridgehead atoms. The normalized spacial score (nSPS) is 11.5. The fourth-order valence-corrected chi connectivity index (χ4v) is 3.25. The van der Waals surface area contributed by atoms with Crippen LogP contribution in [0.15, 0.2) is 49.1 Å². The number of carbonyl (C=O) groups excluding carboxylic acids is 1. The van der Waals surface area contributed by atoms with Crippen molar-refractivity contribution in [2.75, 3.05) is 0 Å². The molecule has 28 heavy (non-hydrogen) atoms. The zero-order valence-electron chi connectivity index (χ0n) is 14.2. The Labute approximate surface area is 162 Å². The van der Waals surface area contributed by atoms with Gasteiger partial charge in [-0.1, -0.05) is 11.6 Å². The van der Waals surface area contributed by atoms with Gasteiger partial charge in [0.05, 0.1) is 30.5 Å². The van der Waals surface area contributed by atoms with E-state index in [0.29, 0.717) is 28.2 Å². The van der Waals surface area contributed by atoms with Crippen LogP contribution in [0.25, 0.3) is 28.2 Å².